The maximum atomic E-state index is 12.2. The molecular weight excluding hydrogens is 300 g/mol. The first kappa shape index (κ1) is 16.7. The SMILES string of the molecule is CN(Cc1ccc(C(=O)Nc2ccccc2)cc1)CC(O)C1CC1. The molecule has 0 heterocycles. The van der Waals surface area contributed by atoms with E-state index in [-0.39, 0.29) is 12.0 Å². The van der Waals surface area contributed by atoms with Gasteiger partial charge in [-0.2, -0.15) is 0 Å². The Kier molecular flexibility index (Phi) is 5.28. The molecule has 0 spiro atoms. The second kappa shape index (κ2) is 7.60. The van der Waals surface area contributed by atoms with Crippen molar-refractivity contribution in [2.75, 3.05) is 18.9 Å². The van der Waals surface area contributed by atoms with Crippen LogP contribution in [0.4, 0.5) is 5.69 Å². The molecule has 0 aromatic heterocycles. The van der Waals surface area contributed by atoms with Gasteiger partial charge in [0.15, 0.2) is 0 Å². The third kappa shape index (κ3) is 4.66. The zero-order valence-electron chi connectivity index (χ0n) is 14.0. The summed E-state index contributed by atoms with van der Waals surface area (Å²) in [5, 5.41) is 12.9. The Morgan fingerprint density at radius 3 is 2.46 bits per heavy atom. The highest BCUT2D eigenvalue weighted by Gasteiger charge is 2.30. The highest BCUT2D eigenvalue weighted by atomic mass is 16.3. The molecule has 1 amide bonds. The maximum absolute atomic E-state index is 12.2. The van der Waals surface area contributed by atoms with Gasteiger partial charge in [-0.25, -0.2) is 0 Å². The van der Waals surface area contributed by atoms with Crippen LogP contribution in [-0.4, -0.2) is 35.6 Å². The average molecular weight is 324 g/mol. The van der Waals surface area contributed by atoms with E-state index in [1.165, 1.54) is 0 Å². The number of carbonyl (C=O) groups is 1. The van der Waals surface area contributed by atoms with E-state index < -0.39 is 0 Å². The molecule has 3 rings (SSSR count). The molecule has 2 N–H and O–H groups in total. The predicted molar refractivity (Wildman–Crippen MR) is 95.9 cm³/mol. The largest absolute Gasteiger partial charge is 0.392 e. The number of amides is 1. The lowest BCUT2D eigenvalue weighted by Crippen LogP contribution is -2.30. The van der Waals surface area contributed by atoms with Gasteiger partial charge in [-0.3, -0.25) is 9.69 Å². The first-order valence-corrected chi connectivity index (χ1v) is 8.44. The van der Waals surface area contributed by atoms with Gasteiger partial charge in [0.25, 0.3) is 5.91 Å². The molecule has 1 unspecified atom stereocenters. The van der Waals surface area contributed by atoms with Gasteiger partial charge in [-0.15, -0.1) is 0 Å². The minimum Gasteiger partial charge on any atom is -0.392 e. The molecule has 2 aromatic carbocycles. The standard InChI is InChI=1S/C20H24N2O2/c1-22(14-19(23)16-11-12-16)13-15-7-9-17(10-8-15)20(24)21-18-5-3-2-4-6-18/h2-10,16,19,23H,11-14H2,1H3,(H,21,24). The molecule has 126 valence electrons. The molecule has 1 aliphatic rings. The van der Waals surface area contributed by atoms with Crippen LogP contribution in [0.3, 0.4) is 0 Å². The fraction of sp³-hybridized carbons (Fsp3) is 0.350. The molecule has 0 bridgehead atoms. The Morgan fingerprint density at radius 1 is 1.17 bits per heavy atom. The van der Waals surface area contributed by atoms with Crippen LogP contribution in [0, 0.1) is 5.92 Å². The summed E-state index contributed by atoms with van der Waals surface area (Å²) < 4.78 is 0. The monoisotopic (exact) mass is 324 g/mol. The van der Waals surface area contributed by atoms with E-state index in [1.54, 1.807) is 0 Å². The second-order valence-electron chi connectivity index (χ2n) is 6.62. The van der Waals surface area contributed by atoms with Gasteiger partial charge >= 0.3 is 0 Å². The van der Waals surface area contributed by atoms with E-state index in [0.717, 1.165) is 30.6 Å². The lowest BCUT2D eigenvalue weighted by atomic mass is 10.1. The van der Waals surface area contributed by atoms with Crippen molar-refractivity contribution < 1.29 is 9.90 Å². The zero-order valence-corrected chi connectivity index (χ0v) is 14.0. The summed E-state index contributed by atoms with van der Waals surface area (Å²) >= 11 is 0. The van der Waals surface area contributed by atoms with Gasteiger partial charge < -0.3 is 10.4 Å². The van der Waals surface area contributed by atoms with Gasteiger partial charge in [0.1, 0.15) is 0 Å². The lowest BCUT2D eigenvalue weighted by molar-refractivity contribution is 0.102. The van der Waals surface area contributed by atoms with E-state index in [1.807, 2.05) is 61.6 Å². The van der Waals surface area contributed by atoms with E-state index in [4.69, 9.17) is 0 Å². The number of hydrogen-bond acceptors (Lipinski definition) is 3. The van der Waals surface area contributed by atoms with Crippen LogP contribution in [0.5, 0.6) is 0 Å². The highest BCUT2D eigenvalue weighted by Crippen LogP contribution is 2.32. The Hall–Kier alpha value is -2.17. The summed E-state index contributed by atoms with van der Waals surface area (Å²) in [6.07, 6.45) is 2.09. The van der Waals surface area contributed by atoms with Gasteiger partial charge in [0.05, 0.1) is 6.10 Å². The van der Waals surface area contributed by atoms with Crippen LogP contribution in [0.2, 0.25) is 0 Å². The highest BCUT2D eigenvalue weighted by molar-refractivity contribution is 6.04. The fourth-order valence-electron chi connectivity index (χ4n) is 2.81. The minimum absolute atomic E-state index is 0.106. The maximum Gasteiger partial charge on any atom is 0.255 e. The smallest absolute Gasteiger partial charge is 0.255 e. The second-order valence-corrected chi connectivity index (χ2v) is 6.62. The number of benzene rings is 2. The first-order valence-electron chi connectivity index (χ1n) is 8.44. The molecule has 2 aromatic rings. The number of carbonyl (C=O) groups excluding carboxylic acids is 1. The van der Waals surface area contributed by atoms with Crippen molar-refractivity contribution in [2.45, 2.75) is 25.5 Å². The third-order valence-corrected chi connectivity index (χ3v) is 4.37. The molecule has 1 fully saturated rings. The number of rotatable bonds is 7. The van der Waals surface area contributed by atoms with Crippen molar-refractivity contribution in [3.8, 4) is 0 Å². The van der Waals surface area contributed by atoms with Crippen LogP contribution in [0.25, 0.3) is 0 Å². The van der Waals surface area contributed by atoms with Gasteiger partial charge in [0.2, 0.25) is 0 Å². The van der Waals surface area contributed by atoms with Crippen molar-refractivity contribution in [3.63, 3.8) is 0 Å². The topological polar surface area (TPSA) is 52.6 Å². The number of likely N-dealkylation sites (N-methyl/N-ethyl adjacent to an activating group) is 1. The number of hydrogen-bond donors (Lipinski definition) is 2. The molecule has 0 aliphatic heterocycles. The van der Waals surface area contributed by atoms with E-state index >= 15 is 0 Å². The van der Waals surface area contributed by atoms with Crippen LogP contribution in [-0.2, 0) is 6.54 Å². The summed E-state index contributed by atoms with van der Waals surface area (Å²) in [6.45, 7) is 1.46. The molecule has 1 atom stereocenters. The van der Waals surface area contributed by atoms with Crippen molar-refractivity contribution in [1.82, 2.24) is 4.90 Å². The quantitative estimate of drug-likeness (QED) is 0.823. The van der Waals surface area contributed by atoms with Gasteiger partial charge in [0, 0.05) is 24.3 Å². The van der Waals surface area contributed by atoms with Crippen molar-refractivity contribution in [1.29, 1.82) is 0 Å². The third-order valence-electron chi connectivity index (χ3n) is 4.37. The number of nitrogens with zero attached hydrogens (tertiary/aromatic N) is 1. The lowest BCUT2D eigenvalue weighted by Gasteiger charge is -2.20. The number of para-hydroxylation sites is 1. The Bertz CT molecular complexity index is 666. The van der Waals surface area contributed by atoms with E-state index in [2.05, 4.69) is 10.2 Å². The Balaban J connectivity index is 1.53. The molecule has 4 nitrogen and oxygen atoms in total. The molecule has 1 aliphatic carbocycles. The Labute approximate surface area is 143 Å². The van der Waals surface area contributed by atoms with Crippen LogP contribution >= 0.6 is 0 Å². The molecule has 24 heavy (non-hydrogen) atoms. The number of anilines is 1. The van der Waals surface area contributed by atoms with Crippen LogP contribution in [0.1, 0.15) is 28.8 Å². The molecule has 4 heteroatoms. The van der Waals surface area contributed by atoms with Crippen LogP contribution < -0.4 is 5.32 Å². The summed E-state index contributed by atoms with van der Waals surface area (Å²) in [5.74, 6) is 0.391. The fourth-order valence-corrected chi connectivity index (χ4v) is 2.81. The number of nitrogens with one attached hydrogen (secondary N) is 1. The van der Waals surface area contributed by atoms with Gasteiger partial charge in [-0.1, -0.05) is 30.3 Å². The van der Waals surface area contributed by atoms with Crippen molar-refractivity contribution in [2.24, 2.45) is 5.92 Å². The van der Waals surface area contributed by atoms with Crippen LogP contribution in [0.15, 0.2) is 54.6 Å². The Morgan fingerprint density at radius 2 is 1.83 bits per heavy atom. The van der Waals surface area contributed by atoms with Crippen molar-refractivity contribution >= 4 is 11.6 Å². The minimum atomic E-state index is -0.217. The van der Waals surface area contributed by atoms with Gasteiger partial charge in [-0.05, 0) is 55.6 Å². The predicted octanol–water partition coefficient (Wildman–Crippen LogP) is 3.14. The average Bonchev–Trinajstić information content (AvgIpc) is 3.41. The summed E-state index contributed by atoms with van der Waals surface area (Å²) in [5.41, 5.74) is 2.57. The number of aliphatic hydroxyl groups excluding tert-OH is 1. The molecule has 0 saturated heterocycles. The summed E-state index contributed by atoms with van der Waals surface area (Å²) in [4.78, 5) is 14.3. The zero-order chi connectivity index (χ0) is 16.9. The molecule has 0 radical (unpaired) electrons. The van der Waals surface area contributed by atoms with E-state index in [0.29, 0.717) is 18.0 Å². The molecular formula is C20H24N2O2. The normalized spacial score (nSPS) is 15.3. The van der Waals surface area contributed by atoms with E-state index in [9.17, 15) is 9.90 Å². The summed E-state index contributed by atoms with van der Waals surface area (Å²) in [7, 11) is 2.02. The summed E-state index contributed by atoms with van der Waals surface area (Å²) in [6, 6.07) is 17.1. The van der Waals surface area contributed by atoms with Crippen molar-refractivity contribution in [3.05, 3.63) is 65.7 Å². The molecule has 1 saturated carbocycles. The number of aliphatic hydroxyl groups is 1. The first-order chi connectivity index (χ1) is 11.6.